The Balaban J connectivity index is 1.29. The van der Waals surface area contributed by atoms with Crippen LogP contribution in [-0.2, 0) is 0 Å². The van der Waals surface area contributed by atoms with Crippen LogP contribution in [0.25, 0.3) is 10.9 Å². The van der Waals surface area contributed by atoms with E-state index in [9.17, 15) is 0 Å². The maximum Gasteiger partial charge on any atom is 0.226 e. The average molecular weight is 460 g/mol. The lowest BCUT2D eigenvalue weighted by molar-refractivity contribution is 0.270. The Kier molecular flexibility index (Phi) is 7.27. The fraction of sp³-hybridized carbons (Fsp3) is 0.409. The molecule has 31 heavy (non-hydrogen) atoms. The Morgan fingerprint density at radius 3 is 2.58 bits per heavy atom. The molecule has 0 aliphatic carbocycles. The van der Waals surface area contributed by atoms with Gasteiger partial charge >= 0.3 is 0 Å². The first-order valence-electron chi connectivity index (χ1n) is 10.7. The molecule has 3 aromatic rings. The minimum Gasteiger partial charge on any atom is -0.384 e. The van der Waals surface area contributed by atoms with Gasteiger partial charge in [-0.15, -0.1) is 0 Å². The summed E-state index contributed by atoms with van der Waals surface area (Å²) < 4.78 is 0. The Labute approximate surface area is 192 Å². The van der Waals surface area contributed by atoms with Crippen LogP contribution in [0.4, 0.5) is 17.5 Å². The van der Waals surface area contributed by atoms with E-state index in [1.54, 1.807) is 6.20 Å². The monoisotopic (exact) mass is 459 g/mol. The number of likely N-dealkylation sites (N-methyl/N-ethyl adjacent to an activating group) is 1. The number of halogens is 2. The van der Waals surface area contributed by atoms with Crippen LogP contribution >= 0.6 is 23.2 Å². The molecular formula is C22H27Cl2N7. The summed E-state index contributed by atoms with van der Waals surface area (Å²) in [6, 6.07) is 9.58. The highest BCUT2D eigenvalue weighted by atomic mass is 35.5. The third-order valence-corrected chi connectivity index (χ3v) is 5.91. The van der Waals surface area contributed by atoms with Crippen LogP contribution in [0.5, 0.6) is 0 Å². The molecule has 2 N–H and O–H groups in total. The molecule has 1 aliphatic heterocycles. The molecule has 0 atom stereocenters. The van der Waals surface area contributed by atoms with Gasteiger partial charge in [-0.2, -0.15) is 4.98 Å². The molecule has 9 heteroatoms. The van der Waals surface area contributed by atoms with Crippen molar-refractivity contribution in [2.45, 2.75) is 13.3 Å². The van der Waals surface area contributed by atoms with E-state index in [1.165, 1.54) is 0 Å². The zero-order chi connectivity index (χ0) is 21.6. The van der Waals surface area contributed by atoms with E-state index in [1.807, 2.05) is 30.3 Å². The zero-order valence-corrected chi connectivity index (χ0v) is 19.1. The van der Waals surface area contributed by atoms with E-state index in [0.717, 1.165) is 74.6 Å². The van der Waals surface area contributed by atoms with Gasteiger partial charge in [0.25, 0.3) is 0 Å². The average Bonchev–Trinajstić information content (AvgIpc) is 2.78. The van der Waals surface area contributed by atoms with Gasteiger partial charge in [0.2, 0.25) is 5.95 Å². The number of aromatic nitrogens is 3. The van der Waals surface area contributed by atoms with Crippen molar-refractivity contribution in [3.05, 3.63) is 46.7 Å². The van der Waals surface area contributed by atoms with Gasteiger partial charge in [0.1, 0.15) is 11.0 Å². The maximum atomic E-state index is 6.26. The highest BCUT2D eigenvalue weighted by Gasteiger charge is 2.18. The topological polar surface area (TPSA) is 69.2 Å². The summed E-state index contributed by atoms with van der Waals surface area (Å²) in [4.78, 5) is 18.1. The van der Waals surface area contributed by atoms with Crippen LogP contribution in [0, 0.1) is 0 Å². The predicted octanol–water partition coefficient (Wildman–Crippen LogP) is 4.39. The molecule has 1 aliphatic rings. The van der Waals surface area contributed by atoms with Gasteiger partial charge in [0.15, 0.2) is 0 Å². The number of anilines is 3. The fourth-order valence-electron chi connectivity index (χ4n) is 3.73. The Morgan fingerprint density at radius 1 is 0.968 bits per heavy atom. The summed E-state index contributed by atoms with van der Waals surface area (Å²) in [6.45, 7) is 8.83. The third-order valence-electron chi connectivity index (χ3n) is 5.48. The SMILES string of the molecule is CCN1CCN(c2cc(Cl)nc(NCCCNc3ccnc4cc(Cl)ccc34)n2)CC1. The van der Waals surface area contributed by atoms with Crippen LogP contribution < -0.4 is 15.5 Å². The number of hydrogen-bond donors (Lipinski definition) is 2. The first kappa shape index (κ1) is 21.9. The number of benzene rings is 1. The summed E-state index contributed by atoms with van der Waals surface area (Å²) in [5.41, 5.74) is 1.93. The first-order valence-corrected chi connectivity index (χ1v) is 11.4. The van der Waals surface area contributed by atoms with E-state index < -0.39 is 0 Å². The minimum atomic E-state index is 0.463. The molecule has 0 bridgehead atoms. The van der Waals surface area contributed by atoms with Crippen molar-refractivity contribution < 1.29 is 0 Å². The third kappa shape index (κ3) is 5.67. The van der Waals surface area contributed by atoms with Crippen molar-refractivity contribution in [2.24, 2.45) is 0 Å². The van der Waals surface area contributed by atoms with Crippen molar-refractivity contribution in [2.75, 3.05) is 61.3 Å². The van der Waals surface area contributed by atoms with Crippen molar-refractivity contribution in [1.82, 2.24) is 19.9 Å². The predicted molar refractivity (Wildman–Crippen MR) is 130 cm³/mol. The lowest BCUT2D eigenvalue weighted by Gasteiger charge is -2.34. The largest absolute Gasteiger partial charge is 0.384 e. The lowest BCUT2D eigenvalue weighted by Crippen LogP contribution is -2.46. The van der Waals surface area contributed by atoms with Crippen molar-refractivity contribution >= 4 is 51.6 Å². The van der Waals surface area contributed by atoms with Crippen LogP contribution in [0.15, 0.2) is 36.5 Å². The van der Waals surface area contributed by atoms with E-state index in [2.05, 4.69) is 42.3 Å². The van der Waals surface area contributed by atoms with E-state index in [-0.39, 0.29) is 0 Å². The fourth-order valence-corrected chi connectivity index (χ4v) is 4.07. The molecule has 0 amide bonds. The Morgan fingerprint density at radius 2 is 1.77 bits per heavy atom. The van der Waals surface area contributed by atoms with Crippen molar-refractivity contribution in [3.63, 3.8) is 0 Å². The summed E-state index contributed by atoms with van der Waals surface area (Å²) in [5, 5.41) is 8.99. The number of rotatable bonds is 8. The normalized spacial score (nSPS) is 14.7. The van der Waals surface area contributed by atoms with E-state index in [4.69, 9.17) is 23.2 Å². The van der Waals surface area contributed by atoms with Gasteiger partial charge in [0.05, 0.1) is 5.52 Å². The van der Waals surface area contributed by atoms with Gasteiger partial charge in [0, 0.05) is 67.6 Å². The molecule has 0 spiro atoms. The maximum absolute atomic E-state index is 6.26. The second kappa shape index (κ2) is 10.3. The molecule has 3 heterocycles. The summed E-state index contributed by atoms with van der Waals surface area (Å²) in [6.07, 6.45) is 2.69. The molecule has 0 radical (unpaired) electrons. The molecule has 1 saturated heterocycles. The van der Waals surface area contributed by atoms with Gasteiger partial charge < -0.3 is 20.4 Å². The summed E-state index contributed by atoms with van der Waals surface area (Å²) in [7, 11) is 0. The van der Waals surface area contributed by atoms with Gasteiger partial charge in [-0.05, 0) is 37.2 Å². The van der Waals surface area contributed by atoms with Crippen LogP contribution in [0.1, 0.15) is 13.3 Å². The standard InChI is InChI=1S/C22H27Cl2N7/c1-2-30-10-12-31(13-11-30)21-15-20(24)28-22(29-21)27-8-3-7-25-18-6-9-26-19-14-16(23)4-5-17(18)19/h4-6,9,14-15H,2-3,7-8,10-13H2,1H3,(H,25,26)(H,27,28,29). The number of fused-ring (bicyclic) bond motifs is 1. The second-order valence-corrected chi connectivity index (χ2v) is 8.34. The van der Waals surface area contributed by atoms with Crippen molar-refractivity contribution in [1.29, 1.82) is 0 Å². The number of piperazine rings is 1. The number of hydrogen-bond acceptors (Lipinski definition) is 7. The Bertz CT molecular complexity index is 1020. The summed E-state index contributed by atoms with van der Waals surface area (Å²) >= 11 is 12.3. The Hall–Kier alpha value is -2.35. The molecule has 0 unspecified atom stereocenters. The zero-order valence-electron chi connectivity index (χ0n) is 17.6. The number of nitrogens with one attached hydrogen (secondary N) is 2. The molecule has 4 rings (SSSR count). The lowest BCUT2D eigenvalue weighted by atomic mass is 10.2. The van der Waals surface area contributed by atoms with Crippen LogP contribution in [-0.4, -0.2) is 65.7 Å². The highest BCUT2D eigenvalue weighted by Crippen LogP contribution is 2.24. The molecular weight excluding hydrogens is 433 g/mol. The molecule has 1 aromatic carbocycles. The van der Waals surface area contributed by atoms with Crippen LogP contribution in [0.3, 0.4) is 0 Å². The molecule has 164 valence electrons. The van der Waals surface area contributed by atoms with Crippen LogP contribution in [0.2, 0.25) is 10.2 Å². The molecule has 2 aromatic heterocycles. The molecule has 0 saturated carbocycles. The van der Waals surface area contributed by atoms with E-state index >= 15 is 0 Å². The highest BCUT2D eigenvalue weighted by molar-refractivity contribution is 6.31. The quantitative estimate of drug-likeness (QED) is 0.382. The molecule has 1 fully saturated rings. The number of nitrogens with zero attached hydrogens (tertiary/aromatic N) is 5. The smallest absolute Gasteiger partial charge is 0.226 e. The second-order valence-electron chi connectivity index (χ2n) is 7.52. The first-order chi connectivity index (χ1) is 15.1. The molecule has 7 nitrogen and oxygen atoms in total. The van der Waals surface area contributed by atoms with Gasteiger partial charge in [-0.25, -0.2) is 4.98 Å². The van der Waals surface area contributed by atoms with Gasteiger partial charge in [-0.3, -0.25) is 4.98 Å². The number of pyridine rings is 1. The van der Waals surface area contributed by atoms with Crippen molar-refractivity contribution in [3.8, 4) is 0 Å². The van der Waals surface area contributed by atoms with Gasteiger partial charge in [-0.1, -0.05) is 30.1 Å². The minimum absolute atomic E-state index is 0.463. The summed E-state index contributed by atoms with van der Waals surface area (Å²) in [5.74, 6) is 1.46. The van der Waals surface area contributed by atoms with E-state index in [0.29, 0.717) is 16.1 Å².